The lowest BCUT2D eigenvalue weighted by molar-refractivity contribution is 0.158. The van der Waals surface area contributed by atoms with Crippen molar-refractivity contribution in [2.24, 2.45) is 0 Å². The first-order valence-electron chi connectivity index (χ1n) is 3.46. The first kappa shape index (κ1) is 11.2. The van der Waals surface area contributed by atoms with Crippen LogP contribution in [0.3, 0.4) is 0 Å². The summed E-state index contributed by atoms with van der Waals surface area (Å²) < 4.78 is 29.7. The molecule has 0 fully saturated rings. The zero-order chi connectivity index (χ0) is 9.61. The molecule has 0 unspecified atom stereocenters. The number of ether oxygens (including phenoxy) is 1. The van der Waals surface area contributed by atoms with E-state index in [1.165, 1.54) is 0 Å². The van der Waals surface area contributed by atoms with Crippen LogP contribution in [0.1, 0.15) is 13.8 Å². The quantitative estimate of drug-likeness (QED) is 0.640. The molecule has 0 heterocycles. The summed E-state index contributed by atoms with van der Waals surface area (Å²) in [6.45, 7) is 3.53. The van der Waals surface area contributed by atoms with Crippen LogP contribution in [0.4, 0.5) is 4.79 Å². The average molecular weight is 196 g/mol. The number of hydrogen-bond donors (Lipinski definition) is 2. The molecule has 0 saturated carbocycles. The smallest absolute Gasteiger partial charge is 0.421 e. The maximum Gasteiger partial charge on any atom is 0.421 e. The van der Waals surface area contributed by atoms with Gasteiger partial charge >= 0.3 is 16.3 Å². The van der Waals surface area contributed by atoms with Crippen LogP contribution in [0.15, 0.2) is 0 Å². The minimum Gasteiger partial charge on any atom is -0.449 e. The van der Waals surface area contributed by atoms with Gasteiger partial charge in [0.15, 0.2) is 0 Å². The zero-order valence-electron chi connectivity index (χ0n) is 6.96. The van der Waals surface area contributed by atoms with Gasteiger partial charge in [0.2, 0.25) is 0 Å². The van der Waals surface area contributed by atoms with E-state index in [1.807, 2.05) is 0 Å². The van der Waals surface area contributed by atoms with Crippen LogP contribution in [0, 0.1) is 0 Å². The molecular formula is C5H12N2O4S. The predicted molar refractivity (Wildman–Crippen MR) is 42.8 cm³/mol. The van der Waals surface area contributed by atoms with Crippen molar-refractivity contribution in [3.8, 4) is 0 Å². The Balaban J connectivity index is 3.98. The molecule has 0 aliphatic carbocycles. The van der Waals surface area contributed by atoms with E-state index in [4.69, 9.17) is 0 Å². The third-order valence-corrected chi connectivity index (χ3v) is 1.93. The summed E-state index contributed by atoms with van der Waals surface area (Å²) in [5.74, 6) is 0. The molecule has 2 N–H and O–H groups in total. The van der Waals surface area contributed by atoms with E-state index >= 15 is 0 Å². The first-order chi connectivity index (χ1) is 5.52. The van der Waals surface area contributed by atoms with E-state index in [1.54, 1.807) is 18.6 Å². The van der Waals surface area contributed by atoms with Gasteiger partial charge in [0.05, 0.1) is 6.61 Å². The molecular weight excluding hydrogens is 184 g/mol. The van der Waals surface area contributed by atoms with Crippen LogP contribution >= 0.6 is 0 Å². The fourth-order valence-corrected chi connectivity index (χ4v) is 1.23. The second kappa shape index (κ2) is 4.94. The molecule has 0 aliphatic rings. The topological polar surface area (TPSA) is 84.5 Å². The second-order valence-corrected chi connectivity index (χ2v) is 3.32. The third-order valence-electron chi connectivity index (χ3n) is 0.827. The Kier molecular flexibility index (Phi) is 4.60. The van der Waals surface area contributed by atoms with Crippen LogP contribution in [0.2, 0.25) is 0 Å². The van der Waals surface area contributed by atoms with Crippen molar-refractivity contribution in [2.45, 2.75) is 13.8 Å². The maximum atomic E-state index is 10.8. The Bertz CT molecular complexity index is 236. The SMILES string of the molecule is CCNS(=O)(=O)NC(=O)OCC. The van der Waals surface area contributed by atoms with Crippen LogP contribution < -0.4 is 9.44 Å². The molecule has 0 rings (SSSR count). The Morgan fingerprint density at radius 3 is 2.42 bits per heavy atom. The predicted octanol–water partition coefficient (Wildman–Crippen LogP) is -0.413. The molecule has 0 spiro atoms. The minimum atomic E-state index is -3.73. The number of hydrogen-bond acceptors (Lipinski definition) is 4. The van der Waals surface area contributed by atoms with Gasteiger partial charge in [-0.2, -0.15) is 13.1 Å². The van der Waals surface area contributed by atoms with Crippen molar-refractivity contribution in [3.05, 3.63) is 0 Å². The molecule has 7 heteroatoms. The fraction of sp³-hybridized carbons (Fsp3) is 0.800. The number of nitrogens with one attached hydrogen (secondary N) is 2. The number of rotatable bonds is 4. The van der Waals surface area contributed by atoms with Crippen LogP contribution in [-0.4, -0.2) is 27.7 Å². The van der Waals surface area contributed by atoms with Gasteiger partial charge in [0.1, 0.15) is 0 Å². The van der Waals surface area contributed by atoms with Crippen molar-refractivity contribution in [3.63, 3.8) is 0 Å². The number of carbonyl (C=O) groups is 1. The molecule has 0 bridgehead atoms. The normalized spacial score (nSPS) is 10.8. The van der Waals surface area contributed by atoms with Crippen molar-refractivity contribution in [1.82, 2.24) is 9.44 Å². The Hall–Kier alpha value is -0.820. The van der Waals surface area contributed by atoms with E-state index in [2.05, 4.69) is 9.46 Å². The van der Waals surface area contributed by atoms with E-state index in [9.17, 15) is 13.2 Å². The number of amides is 1. The van der Waals surface area contributed by atoms with Crippen LogP contribution in [0.5, 0.6) is 0 Å². The summed E-state index contributed by atoms with van der Waals surface area (Å²) in [5, 5.41) is 0. The molecule has 72 valence electrons. The molecule has 0 saturated heterocycles. The molecule has 0 atom stereocenters. The van der Waals surface area contributed by atoms with Crippen LogP contribution in [-0.2, 0) is 14.9 Å². The van der Waals surface area contributed by atoms with Gasteiger partial charge in [-0.3, -0.25) is 0 Å². The molecule has 0 aromatic heterocycles. The van der Waals surface area contributed by atoms with Gasteiger partial charge in [0, 0.05) is 6.54 Å². The largest absolute Gasteiger partial charge is 0.449 e. The van der Waals surface area contributed by atoms with E-state index in [0.717, 1.165) is 0 Å². The lowest BCUT2D eigenvalue weighted by Crippen LogP contribution is -2.40. The summed E-state index contributed by atoms with van der Waals surface area (Å²) in [6, 6.07) is 0. The van der Waals surface area contributed by atoms with Gasteiger partial charge in [-0.1, -0.05) is 6.92 Å². The Labute approximate surface area is 71.5 Å². The third kappa shape index (κ3) is 4.91. The Morgan fingerprint density at radius 1 is 1.42 bits per heavy atom. The molecule has 0 aliphatic heterocycles. The van der Waals surface area contributed by atoms with Crippen LogP contribution in [0.25, 0.3) is 0 Å². The lowest BCUT2D eigenvalue weighted by Gasteiger charge is -2.05. The van der Waals surface area contributed by atoms with Gasteiger partial charge in [-0.25, -0.2) is 9.52 Å². The second-order valence-electron chi connectivity index (χ2n) is 1.82. The van der Waals surface area contributed by atoms with E-state index < -0.39 is 16.3 Å². The number of carbonyl (C=O) groups excluding carboxylic acids is 1. The van der Waals surface area contributed by atoms with Crippen molar-refractivity contribution in [1.29, 1.82) is 0 Å². The molecule has 1 amide bonds. The van der Waals surface area contributed by atoms with Gasteiger partial charge in [-0.15, -0.1) is 0 Å². The first-order valence-corrected chi connectivity index (χ1v) is 4.94. The van der Waals surface area contributed by atoms with Crippen molar-refractivity contribution >= 4 is 16.3 Å². The summed E-state index contributed by atoms with van der Waals surface area (Å²) in [7, 11) is -3.73. The average Bonchev–Trinajstić information content (AvgIpc) is 1.85. The van der Waals surface area contributed by atoms with E-state index in [-0.39, 0.29) is 13.2 Å². The summed E-state index contributed by atoms with van der Waals surface area (Å²) in [5.41, 5.74) is 0. The summed E-state index contributed by atoms with van der Waals surface area (Å²) in [4.78, 5) is 10.6. The molecule has 0 aromatic carbocycles. The molecule has 6 nitrogen and oxygen atoms in total. The maximum absolute atomic E-state index is 10.8. The van der Waals surface area contributed by atoms with Gasteiger partial charge in [0.25, 0.3) is 0 Å². The highest BCUT2D eigenvalue weighted by atomic mass is 32.2. The molecule has 0 aromatic rings. The van der Waals surface area contributed by atoms with Gasteiger partial charge in [-0.05, 0) is 6.92 Å². The highest BCUT2D eigenvalue weighted by Gasteiger charge is 2.12. The molecule has 12 heavy (non-hydrogen) atoms. The van der Waals surface area contributed by atoms with Crippen molar-refractivity contribution in [2.75, 3.05) is 13.2 Å². The van der Waals surface area contributed by atoms with E-state index in [0.29, 0.717) is 0 Å². The molecule has 0 radical (unpaired) electrons. The lowest BCUT2D eigenvalue weighted by atomic mass is 10.8. The summed E-state index contributed by atoms with van der Waals surface area (Å²) >= 11 is 0. The zero-order valence-corrected chi connectivity index (χ0v) is 7.77. The highest BCUT2D eigenvalue weighted by molar-refractivity contribution is 7.88. The highest BCUT2D eigenvalue weighted by Crippen LogP contribution is 1.80. The Morgan fingerprint density at radius 2 is 2.00 bits per heavy atom. The monoisotopic (exact) mass is 196 g/mol. The fourth-order valence-electron chi connectivity index (χ4n) is 0.496. The van der Waals surface area contributed by atoms with Gasteiger partial charge < -0.3 is 4.74 Å². The minimum absolute atomic E-state index is 0.132. The van der Waals surface area contributed by atoms with Crippen molar-refractivity contribution < 1.29 is 17.9 Å². The summed E-state index contributed by atoms with van der Waals surface area (Å²) in [6.07, 6.45) is -0.974. The standard InChI is InChI=1S/C5H12N2O4S/c1-3-6-12(9,10)7-5(8)11-4-2/h6H,3-4H2,1-2H3,(H,7,8).